The number of hydrogen-bond acceptors (Lipinski definition) is 3. The van der Waals surface area contributed by atoms with Crippen LogP contribution in [0, 0.1) is 0 Å². The van der Waals surface area contributed by atoms with Gasteiger partial charge in [-0.2, -0.15) is 13.2 Å². The first kappa shape index (κ1) is 15.5. The van der Waals surface area contributed by atoms with E-state index in [9.17, 15) is 26.3 Å². The van der Waals surface area contributed by atoms with Crippen molar-refractivity contribution in [1.82, 2.24) is 4.90 Å². The van der Waals surface area contributed by atoms with Crippen molar-refractivity contribution in [3.8, 4) is 0 Å². The highest BCUT2D eigenvalue weighted by Crippen LogP contribution is 2.18. The van der Waals surface area contributed by atoms with Crippen molar-refractivity contribution in [2.24, 2.45) is 5.73 Å². The molecule has 9 heteroatoms. The maximum atomic E-state index is 11.9. The molecule has 0 radical (unpaired) electrons. The average molecular weight is 254 g/mol. The third kappa shape index (κ3) is 9.99. The monoisotopic (exact) mass is 254 g/mol. The molecule has 0 aliphatic rings. The minimum atomic E-state index is -4.83. The van der Waals surface area contributed by atoms with E-state index in [2.05, 4.69) is 4.74 Å². The van der Waals surface area contributed by atoms with Crippen LogP contribution in [0.25, 0.3) is 0 Å². The Bertz CT molecular complexity index is 192. The lowest BCUT2D eigenvalue weighted by Gasteiger charge is -2.22. The van der Waals surface area contributed by atoms with Gasteiger partial charge in [-0.05, 0) is 0 Å². The Labute approximate surface area is 88.1 Å². The Morgan fingerprint density at radius 3 is 1.94 bits per heavy atom. The predicted octanol–water partition coefficient (Wildman–Crippen LogP) is 1.35. The molecule has 0 atom stereocenters. The van der Waals surface area contributed by atoms with Crippen LogP contribution in [-0.4, -0.2) is 50.2 Å². The van der Waals surface area contributed by atoms with E-state index in [4.69, 9.17) is 5.73 Å². The molecule has 0 fully saturated rings. The minimum absolute atomic E-state index is 0.0674. The van der Waals surface area contributed by atoms with Crippen molar-refractivity contribution in [3.05, 3.63) is 0 Å². The Morgan fingerprint density at radius 1 is 1.00 bits per heavy atom. The zero-order chi connectivity index (χ0) is 12.8. The van der Waals surface area contributed by atoms with Crippen molar-refractivity contribution in [2.45, 2.75) is 12.5 Å². The van der Waals surface area contributed by atoms with E-state index in [1.165, 1.54) is 0 Å². The van der Waals surface area contributed by atoms with Crippen LogP contribution in [0.4, 0.5) is 26.3 Å². The third-order valence-corrected chi connectivity index (χ3v) is 1.52. The fraction of sp³-hybridized carbons (Fsp3) is 1.00. The second kappa shape index (κ2) is 6.26. The summed E-state index contributed by atoms with van der Waals surface area (Å²) in [7, 11) is 0. The standard InChI is InChI=1S/C7H12F6N2O/c8-6(9,10)5-15(2-1-14)3-4-16-7(11,12)13/h1-5,14H2. The molecule has 0 unspecified atom stereocenters. The first-order chi connectivity index (χ1) is 7.14. The summed E-state index contributed by atoms with van der Waals surface area (Å²) in [5.41, 5.74) is 5.03. The van der Waals surface area contributed by atoms with Crippen molar-refractivity contribution >= 4 is 0 Å². The SMILES string of the molecule is NCCN(CCOC(F)(F)F)CC(F)(F)F. The van der Waals surface area contributed by atoms with Gasteiger partial charge in [0.05, 0.1) is 13.2 Å². The summed E-state index contributed by atoms with van der Waals surface area (Å²) in [5.74, 6) is 0. The normalized spacial score (nSPS) is 13.5. The van der Waals surface area contributed by atoms with Crippen LogP contribution in [0.1, 0.15) is 0 Å². The van der Waals surface area contributed by atoms with E-state index in [-0.39, 0.29) is 13.1 Å². The van der Waals surface area contributed by atoms with E-state index < -0.39 is 32.2 Å². The van der Waals surface area contributed by atoms with Crippen molar-refractivity contribution in [1.29, 1.82) is 0 Å². The molecule has 0 aromatic carbocycles. The molecule has 0 spiro atoms. The van der Waals surface area contributed by atoms with E-state index >= 15 is 0 Å². The highest BCUT2D eigenvalue weighted by molar-refractivity contribution is 4.63. The molecular weight excluding hydrogens is 242 g/mol. The number of alkyl halides is 6. The van der Waals surface area contributed by atoms with Gasteiger partial charge in [-0.25, -0.2) is 0 Å². The molecular formula is C7H12F6N2O. The molecule has 0 aromatic rings. The minimum Gasteiger partial charge on any atom is -0.329 e. The lowest BCUT2D eigenvalue weighted by molar-refractivity contribution is -0.325. The highest BCUT2D eigenvalue weighted by atomic mass is 19.4. The third-order valence-electron chi connectivity index (χ3n) is 1.52. The molecule has 0 aliphatic carbocycles. The zero-order valence-corrected chi connectivity index (χ0v) is 8.24. The lowest BCUT2D eigenvalue weighted by atomic mass is 10.4. The van der Waals surface area contributed by atoms with E-state index in [1.54, 1.807) is 0 Å². The van der Waals surface area contributed by atoms with Crippen molar-refractivity contribution in [3.63, 3.8) is 0 Å². The molecule has 3 nitrogen and oxygen atoms in total. The van der Waals surface area contributed by atoms with Gasteiger partial charge in [-0.1, -0.05) is 0 Å². The Balaban J connectivity index is 3.95. The average Bonchev–Trinajstić information content (AvgIpc) is 1.98. The first-order valence-electron chi connectivity index (χ1n) is 4.34. The Hall–Kier alpha value is -0.540. The van der Waals surface area contributed by atoms with Gasteiger partial charge in [0, 0.05) is 19.6 Å². The topological polar surface area (TPSA) is 38.5 Å². The summed E-state index contributed by atoms with van der Waals surface area (Å²) >= 11 is 0. The maximum Gasteiger partial charge on any atom is 0.522 e. The smallest absolute Gasteiger partial charge is 0.329 e. The summed E-state index contributed by atoms with van der Waals surface area (Å²) in [5, 5.41) is 0. The summed E-state index contributed by atoms with van der Waals surface area (Å²) < 4.78 is 73.8. The molecule has 0 bridgehead atoms. The van der Waals surface area contributed by atoms with Crippen LogP contribution in [0.3, 0.4) is 0 Å². The number of nitrogens with two attached hydrogens (primary N) is 1. The van der Waals surface area contributed by atoms with Gasteiger partial charge >= 0.3 is 12.5 Å². The quantitative estimate of drug-likeness (QED) is 0.727. The molecule has 0 amide bonds. The van der Waals surface area contributed by atoms with Gasteiger partial charge in [-0.3, -0.25) is 9.64 Å². The van der Waals surface area contributed by atoms with Gasteiger partial charge in [0.25, 0.3) is 0 Å². The van der Waals surface area contributed by atoms with Crippen molar-refractivity contribution in [2.75, 3.05) is 32.8 Å². The van der Waals surface area contributed by atoms with Gasteiger partial charge in [0.1, 0.15) is 0 Å². The van der Waals surface area contributed by atoms with Crippen LogP contribution < -0.4 is 5.73 Å². The summed E-state index contributed by atoms with van der Waals surface area (Å²) in [6, 6.07) is 0. The Kier molecular flexibility index (Phi) is 6.05. The fourth-order valence-corrected chi connectivity index (χ4v) is 0.997. The molecule has 2 N–H and O–H groups in total. The second-order valence-electron chi connectivity index (χ2n) is 2.97. The second-order valence-corrected chi connectivity index (χ2v) is 2.97. The molecule has 0 rings (SSSR count). The van der Waals surface area contributed by atoms with Gasteiger partial charge in [0.15, 0.2) is 0 Å². The van der Waals surface area contributed by atoms with Crippen LogP contribution in [0.2, 0.25) is 0 Å². The molecule has 0 aromatic heterocycles. The number of ether oxygens (including phenoxy) is 1. The summed E-state index contributed by atoms with van der Waals surface area (Å²) in [6.07, 6.45) is -9.29. The molecule has 0 saturated carbocycles. The lowest BCUT2D eigenvalue weighted by Crippen LogP contribution is -2.40. The van der Waals surface area contributed by atoms with Crippen LogP contribution in [-0.2, 0) is 4.74 Å². The summed E-state index contributed by atoms with van der Waals surface area (Å²) in [6.45, 7) is -2.83. The summed E-state index contributed by atoms with van der Waals surface area (Å²) in [4.78, 5) is 0.756. The van der Waals surface area contributed by atoms with Crippen LogP contribution in [0.5, 0.6) is 0 Å². The molecule has 0 heterocycles. The number of hydrogen-bond donors (Lipinski definition) is 1. The number of nitrogens with zero attached hydrogens (tertiary/aromatic N) is 1. The van der Waals surface area contributed by atoms with E-state index in [0.29, 0.717) is 0 Å². The van der Waals surface area contributed by atoms with E-state index in [1.807, 2.05) is 0 Å². The number of halogens is 6. The van der Waals surface area contributed by atoms with E-state index in [0.717, 1.165) is 4.90 Å². The van der Waals surface area contributed by atoms with Crippen LogP contribution >= 0.6 is 0 Å². The Morgan fingerprint density at radius 2 is 1.56 bits per heavy atom. The fourth-order valence-electron chi connectivity index (χ4n) is 0.997. The zero-order valence-electron chi connectivity index (χ0n) is 8.24. The van der Waals surface area contributed by atoms with Gasteiger partial charge in [0.2, 0.25) is 0 Å². The molecule has 0 aliphatic heterocycles. The highest BCUT2D eigenvalue weighted by Gasteiger charge is 2.32. The van der Waals surface area contributed by atoms with Crippen LogP contribution in [0.15, 0.2) is 0 Å². The predicted molar refractivity (Wildman–Crippen MR) is 43.6 cm³/mol. The van der Waals surface area contributed by atoms with Gasteiger partial charge in [-0.15, -0.1) is 13.2 Å². The molecule has 0 saturated heterocycles. The largest absolute Gasteiger partial charge is 0.522 e. The van der Waals surface area contributed by atoms with Crippen molar-refractivity contribution < 1.29 is 31.1 Å². The number of rotatable bonds is 6. The first-order valence-corrected chi connectivity index (χ1v) is 4.34. The molecule has 16 heavy (non-hydrogen) atoms. The molecule has 98 valence electrons. The van der Waals surface area contributed by atoms with Gasteiger partial charge < -0.3 is 5.73 Å². The maximum absolute atomic E-state index is 11.9.